The molecule has 0 atom stereocenters. The predicted octanol–water partition coefficient (Wildman–Crippen LogP) is 2.10. The van der Waals surface area contributed by atoms with E-state index >= 15 is 0 Å². The molecule has 1 aliphatic heterocycles. The van der Waals surface area contributed by atoms with E-state index in [0.29, 0.717) is 5.69 Å². The molecule has 17 heavy (non-hydrogen) atoms. The predicted molar refractivity (Wildman–Crippen MR) is 57.2 cm³/mol. The number of hydrogen-bond acceptors (Lipinski definition) is 3. The lowest BCUT2D eigenvalue weighted by molar-refractivity contribution is -0.124. The summed E-state index contributed by atoms with van der Waals surface area (Å²) in [7, 11) is 1.52. The first-order chi connectivity index (χ1) is 8.08. The molecule has 0 aromatic heterocycles. The van der Waals surface area contributed by atoms with Crippen LogP contribution < -0.4 is 0 Å². The van der Waals surface area contributed by atoms with Crippen molar-refractivity contribution in [2.45, 2.75) is 6.43 Å². The standard InChI is InChI=1S/C11H10F2N2O2/c1-15-9(16)6-17-11(15)14-8-4-2-3-7(5-8)10(12)13/h2-5,10H,6H2,1H3. The molecule has 1 aromatic rings. The number of benzene rings is 1. The molecule has 0 radical (unpaired) electrons. The molecule has 1 saturated heterocycles. The van der Waals surface area contributed by atoms with Crippen molar-refractivity contribution in [2.24, 2.45) is 4.99 Å². The monoisotopic (exact) mass is 240 g/mol. The molecule has 6 heteroatoms. The number of amides is 1. The van der Waals surface area contributed by atoms with Crippen molar-refractivity contribution in [3.8, 4) is 0 Å². The average Bonchev–Trinajstić information content (AvgIpc) is 2.61. The van der Waals surface area contributed by atoms with Crippen molar-refractivity contribution < 1.29 is 18.3 Å². The molecular formula is C11H10F2N2O2. The van der Waals surface area contributed by atoms with Crippen molar-refractivity contribution in [3.05, 3.63) is 29.8 Å². The summed E-state index contributed by atoms with van der Waals surface area (Å²) in [6, 6.07) is 5.76. The van der Waals surface area contributed by atoms with Gasteiger partial charge in [-0.05, 0) is 12.1 Å². The molecule has 1 aromatic carbocycles. The number of carbonyl (C=O) groups excluding carboxylic acids is 1. The zero-order valence-corrected chi connectivity index (χ0v) is 9.06. The van der Waals surface area contributed by atoms with Gasteiger partial charge in [-0.25, -0.2) is 8.78 Å². The number of halogens is 2. The first-order valence-corrected chi connectivity index (χ1v) is 4.94. The van der Waals surface area contributed by atoms with Crippen LogP contribution in [0.3, 0.4) is 0 Å². The summed E-state index contributed by atoms with van der Waals surface area (Å²) in [6.45, 7) is -0.0656. The lowest BCUT2D eigenvalue weighted by atomic mass is 10.2. The summed E-state index contributed by atoms with van der Waals surface area (Å²) in [6.07, 6.45) is -2.54. The van der Waals surface area contributed by atoms with Gasteiger partial charge in [-0.1, -0.05) is 12.1 Å². The van der Waals surface area contributed by atoms with Crippen LogP contribution in [0.2, 0.25) is 0 Å². The van der Waals surface area contributed by atoms with Gasteiger partial charge >= 0.3 is 0 Å². The van der Waals surface area contributed by atoms with E-state index in [1.807, 2.05) is 0 Å². The first-order valence-electron chi connectivity index (χ1n) is 4.94. The van der Waals surface area contributed by atoms with Crippen molar-refractivity contribution in [3.63, 3.8) is 0 Å². The fourth-order valence-electron chi connectivity index (χ4n) is 1.37. The molecule has 0 bridgehead atoms. The molecule has 1 fully saturated rings. The first kappa shape index (κ1) is 11.5. The van der Waals surface area contributed by atoms with Gasteiger partial charge in [0.25, 0.3) is 18.4 Å². The van der Waals surface area contributed by atoms with Crippen LogP contribution in [-0.2, 0) is 9.53 Å². The molecule has 0 aliphatic carbocycles. The third kappa shape index (κ3) is 2.41. The third-order valence-corrected chi connectivity index (χ3v) is 2.33. The minimum absolute atomic E-state index is 0.0656. The van der Waals surface area contributed by atoms with E-state index in [4.69, 9.17) is 4.74 Å². The Morgan fingerprint density at radius 3 is 2.82 bits per heavy atom. The highest BCUT2D eigenvalue weighted by Gasteiger charge is 2.25. The van der Waals surface area contributed by atoms with Crippen LogP contribution in [0.15, 0.2) is 29.3 Å². The maximum Gasteiger partial charge on any atom is 0.299 e. The topological polar surface area (TPSA) is 41.9 Å². The van der Waals surface area contributed by atoms with E-state index in [2.05, 4.69) is 4.99 Å². The van der Waals surface area contributed by atoms with Gasteiger partial charge in [-0.3, -0.25) is 9.69 Å². The van der Waals surface area contributed by atoms with E-state index in [0.717, 1.165) is 0 Å². The van der Waals surface area contributed by atoms with Crippen LogP contribution in [0.1, 0.15) is 12.0 Å². The van der Waals surface area contributed by atoms with E-state index in [1.54, 1.807) is 6.07 Å². The van der Waals surface area contributed by atoms with Crippen molar-refractivity contribution in [2.75, 3.05) is 13.7 Å². The fraction of sp³-hybridized carbons (Fsp3) is 0.273. The van der Waals surface area contributed by atoms with Crippen LogP contribution in [0, 0.1) is 0 Å². The fourth-order valence-corrected chi connectivity index (χ4v) is 1.37. The maximum absolute atomic E-state index is 12.5. The van der Waals surface area contributed by atoms with Gasteiger partial charge in [0.05, 0.1) is 5.69 Å². The maximum atomic E-state index is 12.5. The van der Waals surface area contributed by atoms with Gasteiger partial charge in [-0.15, -0.1) is 0 Å². The molecule has 2 rings (SSSR count). The Morgan fingerprint density at radius 2 is 2.24 bits per heavy atom. The Balaban J connectivity index is 2.27. The molecule has 0 N–H and O–H groups in total. The lowest BCUT2D eigenvalue weighted by Crippen LogP contribution is -2.24. The van der Waals surface area contributed by atoms with Crippen LogP contribution >= 0.6 is 0 Å². The number of likely N-dealkylation sites (N-methyl/N-ethyl adjacent to an activating group) is 1. The second-order valence-electron chi connectivity index (χ2n) is 3.53. The van der Waals surface area contributed by atoms with Crippen LogP contribution in [-0.4, -0.2) is 30.5 Å². The highest BCUT2D eigenvalue weighted by Crippen LogP contribution is 2.23. The number of aliphatic imine (C=N–C) groups is 1. The summed E-state index contributed by atoms with van der Waals surface area (Å²) in [5.41, 5.74) is 0.221. The lowest BCUT2D eigenvalue weighted by Gasteiger charge is -2.06. The summed E-state index contributed by atoms with van der Waals surface area (Å²) in [5.74, 6) is -0.214. The van der Waals surface area contributed by atoms with Crippen LogP contribution in [0.4, 0.5) is 14.5 Å². The van der Waals surface area contributed by atoms with Crippen molar-refractivity contribution >= 4 is 17.6 Å². The second kappa shape index (κ2) is 4.48. The van der Waals surface area contributed by atoms with Gasteiger partial charge < -0.3 is 4.74 Å². The molecule has 90 valence electrons. The molecule has 0 spiro atoms. The van der Waals surface area contributed by atoms with Gasteiger partial charge in [0, 0.05) is 12.6 Å². The number of alkyl halides is 2. The van der Waals surface area contributed by atoms with E-state index in [9.17, 15) is 13.6 Å². The summed E-state index contributed by atoms with van der Waals surface area (Å²) < 4.78 is 29.9. The molecular weight excluding hydrogens is 230 g/mol. The minimum Gasteiger partial charge on any atom is -0.454 e. The zero-order valence-electron chi connectivity index (χ0n) is 9.06. The smallest absolute Gasteiger partial charge is 0.299 e. The van der Waals surface area contributed by atoms with Crippen molar-refractivity contribution in [1.29, 1.82) is 0 Å². The Hall–Kier alpha value is -1.98. The Bertz CT molecular complexity index is 474. The van der Waals surface area contributed by atoms with E-state index in [1.165, 1.54) is 30.1 Å². The Kier molecular flexibility index (Phi) is 3.03. The Labute approximate surface area is 96.5 Å². The SMILES string of the molecule is CN1C(=O)COC1=Nc1cccc(C(F)F)c1. The summed E-state index contributed by atoms with van der Waals surface area (Å²) in [4.78, 5) is 16.4. The van der Waals surface area contributed by atoms with Crippen LogP contribution in [0.5, 0.6) is 0 Å². The van der Waals surface area contributed by atoms with E-state index in [-0.39, 0.29) is 24.1 Å². The molecule has 1 heterocycles. The number of rotatable bonds is 2. The Morgan fingerprint density at radius 1 is 1.47 bits per heavy atom. The van der Waals surface area contributed by atoms with Gasteiger partial charge in [-0.2, -0.15) is 4.99 Å². The van der Waals surface area contributed by atoms with E-state index < -0.39 is 6.43 Å². The molecule has 4 nitrogen and oxygen atoms in total. The van der Waals surface area contributed by atoms with Gasteiger partial charge in [0.1, 0.15) is 0 Å². The molecule has 1 aliphatic rings. The van der Waals surface area contributed by atoms with Gasteiger partial charge in [0.15, 0.2) is 6.61 Å². The molecule has 0 saturated carbocycles. The highest BCUT2D eigenvalue weighted by atomic mass is 19.3. The number of carbonyl (C=O) groups is 1. The van der Waals surface area contributed by atoms with Gasteiger partial charge in [0.2, 0.25) is 0 Å². The summed E-state index contributed by atoms with van der Waals surface area (Å²) in [5, 5.41) is 0. The minimum atomic E-state index is -2.54. The number of ether oxygens (including phenoxy) is 1. The van der Waals surface area contributed by atoms with Crippen molar-refractivity contribution in [1.82, 2.24) is 4.90 Å². The third-order valence-electron chi connectivity index (χ3n) is 2.33. The highest BCUT2D eigenvalue weighted by molar-refractivity contribution is 6.00. The molecule has 0 unspecified atom stereocenters. The zero-order chi connectivity index (χ0) is 12.4. The summed E-state index contributed by atoms with van der Waals surface area (Å²) >= 11 is 0. The van der Waals surface area contributed by atoms with Crippen LogP contribution in [0.25, 0.3) is 0 Å². The molecule has 1 amide bonds. The normalized spacial score (nSPS) is 18.0. The number of hydrogen-bond donors (Lipinski definition) is 0. The average molecular weight is 240 g/mol. The number of amidine groups is 1. The number of nitrogens with zero attached hydrogens (tertiary/aromatic N) is 2. The quantitative estimate of drug-likeness (QED) is 0.794. The second-order valence-corrected chi connectivity index (χ2v) is 3.53. The largest absolute Gasteiger partial charge is 0.454 e.